The van der Waals surface area contributed by atoms with Crippen LogP contribution in [-0.4, -0.2) is 125 Å². The number of hydrogen-bond acceptors (Lipinski definition) is 6. The number of nitrogens with zero attached hydrogens (tertiary/aromatic N) is 5. The van der Waals surface area contributed by atoms with Gasteiger partial charge in [0.1, 0.15) is 12.1 Å². The largest absolute Gasteiger partial charge is 0.342 e. The fraction of sp³-hybridized carbons (Fsp3) is 0.700. The van der Waals surface area contributed by atoms with Crippen molar-refractivity contribution in [1.29, 1.82) is 0 Å². The molecule has 1 aromatic carbocycles. The Balaban J connectivity index is 1.42. The highest BCUT2D eigenvalue weighted by Crippen LogP contribution is 2.27. The first-order valence-corrected chi connectivity index (χ1v) is 19.0. The van der Waals surface area contributed by atoms with Gasteiger partial charge >= 0.3 is 0 Å². The van der Waals surface area contributed by atoms with Gasteiger partial charge in [-0.1, -0.05) is 77.4 Å². The Morgan fingerprint density at radius 3 is 2.12 bits per heavy atom. The monoisotopic (exact) mass is 692 g/mol. The number of piperidine rings is 1. The summed E-state index contributed by atoms with van der Waals surface area (Å²) in [4.78, 5) is 65.6. The number of carbonyl (C=O) groups is 4. The molecule has 0 spiro atoms. The number of nitrogens with one attached hydrogen (secondary N) is 1. The molecule has 10 heteroatoms. The van der Waals surface area contributed by atoms with E-state index in [0.717, 1.165) is 51.9 Å². The predicted octanol–water partition coefficient (Wildman–Crippen LogP) is 4.54. The molecule has 4 atom stereocenters. The van der Waals surface area contributed by atoms with Gasteiger partial charge in [0, 0.05) is 57.9 Å². The number of amides is 4. The van der Waals surface area contributed by atoms with Crippen LogP contribution in [0.4, 0.5) is 0 Å². The Morgan fingerprint density at radius 1 is 0.880 bits per heavy atom. The molecule has 3 fully saturated rings. The zero-order valence-corrected chi connectivity index (χ0v) is 32.3. The molecule has 1 N–H and O–H groups in total. The second-order valence-corrected chi connectivity index (χ2v) is 16.4. The van der Waals surface area contributed by atoms with Crippen molar-refractivity contribution in [1.82, 2.24) is 29.8 Å². The molecule has 0 aromatic heterocycles. The van der Waals surface area contributed by atoms with Crippen LogP contribution in [0.5, 0.6) is 0 Å². The minimum atomic E-state index is -0.727. The predicted molar refractivity (Wildman–Crippen MR) is 199 cm³/mol. The number of carbonyl (C=O) groups excluding carboxylic acids is 4. The third-order valence-corrected chi connectivity index (χ3v) is 10.9. The second-order valence-electron chi connectivity index (χ2n) is 16.4. The Hall–Kier alpha value is -3.24. The molecule has 10 nitrogen and oxygen atoms in total. The van der Waals surface area contributed by atoms with Gasteiger partial charge in [-0.25, -0.2) is 0 Å². The first kappa shape index (κ1) is 39.5. The average molecular weight is 693 g/mol. The van der Waals surface area contributed by atoms with E-state index in [1.807, 2.05) is 51.7 Å². The summed E-state index contributed by atoms with van der Waals surface area (Å²) in [7, 11) is 1.77. The van der Waals surface area contributed by atoms with Crippen LogP contribution in [0, 0.1) is 11.3 Å². The number of hydrogen-bond donors (Lipinski definition) is 1. The van der Waals surface area contributed by atoms with Crippen LogP contribution >= 0.6 is 0 Å². The minimum absolute atomic E-state index is 0.0148. The Labute approximate surface area is 301 Å². The SMILES string of the molecule is C/C(=C\[C@H](C(C)C)N(C)C(=O)C(NC(=O)C1CCCCN1C(C)C)C(C)(C)C)C(=O)N1CCCC1C(=O)N1CCN(Cc2ccccc2)CC1. The summed E-state index contributed by atoms with van der Waals surface area (Å²) in [6, 6.07) is 8.83. The van der Waals surface area contributed by atoms with E-state index in [2.05, 4.69) is 53.2 Å². The quantitative estimate of drug-likeness (QED) is 0.342. The summed E-state index contributed by atoms with van der Waals surface area (Å²) in [5.41, 5.74) is 1.28. The molecule has 0 radical (unpaired) electrons. The summed E-state index contributed by atoms with van der Waals surface area (Å²) >= 11 is 0. The van der Waals surface area contributed by atoms with Crippen molar-refractivity contribution in [2.45, 2.75) is 124 Å². The Bertz CT molecular complexity index is 1350. The highest BCUT2D eigenvalue weighted by molar-refractivity contribution is 5.97. The highest BCUT2D eigenvalue weighted by Gasteiger charge is 2.41. The van der Waals surface area contributed by atoms with Gasteiger partial charge in [-0.2, -0.15) is 0 Å². The number of benzene rings is 1. The van der Waals surface area contributed by atoms with Crippen molar-refractivity contribution in [2.75, 3.05) is 46.3 Å². The molecule has 50 heavy (non-hydrogen) atoms. The number of piperazine rings is 1. The van der Waals surface area contributed by atoms with E-state index in [1.165, 1.54) is 5.56 Å². The fourth-order valence-electron chi connectivity index (χ4n) is 7.84. The van der Waals surface area contributed by atoms with Crippen LogP contribution in [0.25, 0.3) is 0 Å². The summed E-state index contributed by atoms with van der Waals surface area (Å²) in [5, 5.41) is 3.16. The van der Waals surface area contributed by atoms with E-state index in [-0.39, 0.29) is 47.7 Å². The molecule has 1 aromatic rings. The summed E-state index contributed by atoms with van der Waals surface area (Å²) in [6.45, 7) is 21.3. The van der Waals surface area contributed by atoms with Gasteiger partial charge in [-0.3, -0.25) is 29.0 Å². The third kappa shape index (κ3) is 9.75. The van der Waals surface area contributed by atoms with Gasteiger partial charge in [0.05, 0.1) is 12.1 Å². The topological polar surface area (TPSA) is 96.5 Å². The van der Waals surface area contributed by atoms with Crippen LogP contribution < -0.4 is 5.32 Å². The molecule has 0 saturated carbocycles. The van der Waals surface area contributed by atoms with Gasteiger partial charge in [-0.15, -0.1) is 0 Å². The van der Waals surface area contributed by atoms with Crippen LogP contribution in [-0.2, 0) is 25.7 Å². The van der Waals surface area contributed by atoms with E-state index in [1.54, 1.807) is 23.8 Å². The molecule has 0 aliphatic carbocycles. The maximum atomic E-state index is 14.2. The summed E-state index contributed by atoms with van der Waals surface area (Å²) in [5.74, 6) is -0.365. The standard InChI is InChI=1S/C40H64N6O4/c1-28(2)34(42(9)39(50)35(40(6,7)8)41-36(47)32-18-13-14-20-45(32)29(3)4)26-30(5)37(48)46-21-15-19-33(46)38(49)44-24-22-43(23-25-44)27-31-16-11-10-12-17-31/h10-12,16-17,26,28-29,32-35H,13-15,18-25,27H2,1-9H3,(H,41,47)/b30-26+/t32?,33?,34-,35?/m1/s1. The Morgan fingerprint density at radius 2 is 1.52 bits per heavy atom. The zero-order chi connectivity index (χ0) is 36.7. The lowest BCUT2D eigenvalue weighted by Gasteiger charge is -2.41. The average Bonchev–Trinajstić information content (AvgIpc) is 3.58. The number of likely N-dealkylation sites (tertiary alicyclic amines) is 2. The fourth-order valence-corrected chi connectivity index (χ4v) is 7.84. The van der Waals surface area contributed by atoms with Gasteiger partial charge in [0.25, 0.3) is 0 Å². The molecule has 0 bridgehead atoms. The van der Waals surface area contributed by atoms with Gasteiger partial charge in [0.15, 0.2) is 0 Å². The molecule has 3 heterocycles. The smallest absolute Gasteiger partial charge is 0.249 e. The summed E-state index contributed by atoms with van der Waals surface area (Å²) < 4.78 is 0. The van der Waals surface area contributed by atoms with E-state index in [4.69, 9.17) is 0 Å². The van der Waals surface area contributed by atoms with E-state index < -0.39 is 17.5 Å². The van der Waals surface area contributed by atoms with Crippen molar-refractivity contribution in [3.8, 4) is 0 Å². The maximum absolute atomic E-state index is 14.2. The van der Waals surface area contributed by atoms with Crippen LogP contribution in [0.1, 0.15) is 93.1 Å². The molecule has 4 rings (SSSR count). The van der Waals surface area contributed by atoms with E-state index in [9.17, 15) is 19.2 Å². The molecule has 3 aliphatic heterocycles. The molecular formula is C40H64N6O4. The van der Waals surface area contributed by atoms with Crippen molar-refractivity contribution in [3.63, 3.8) is 0 Å². The van der Waals surface area contributed by atoms with E-state index in [0.29, 0.717) is 31.6 Å². The Kier molecular flexibility index (Phi) is 13.7. The van der Waals surface area contributed by atoms with Crippen LogP contribution in [0.3, 0.4) is 0 Å². The number of likely N-dealkylation sites (N-methyl/N-ethyl adjacent to an activating group) is 1. The molecule has 278 valence electrons. The van der Waals surface area contributed by atoms with Gasteiger partial charge in [0.2, 0.25) is 23.6 Å². The molecular weight excluding hydrogens is 628 g/mol. The maximum Gasteiger partial charge on any atom is 0.249 e. The zero-order valence-electron chi connectivity index (χ0n) is 32.3. The normalized spacial score (nSPS) is 22.5. The van der Waals surface area contributed by atoms with Crippen molar-refractivity contribution < 1.29 is 19.2 Å². The van der Waals surface area contributed by atoms with Crippen LogP contribution in [0.15, 0.2) is 42.0 Å². The minimum Gasteiger partial charge on any atom is -0.342 e. The molecule has 3 unspecified atom stereocenters. The van der Waals surface area contributed by atoms with Crippen LogP contribution in [0.2, 0.25) is 0 Å². The van der Waals surface area contributed by atoms with Crippen molar-refractivity contribution >= 4 is 23.6 Å². The van der Waals surface area contributed by atoms with Gasteiger partial charge < -0.3 is 20.0 Å². The lowest BCUT2D eigenvalue weighted by atomic mass is 9.84. The molecule has 4 amide bonds. The van der Waals surface area contributed by atoms with Crippen molar-refractivity contribution in [2.24, 2.45) is 11.3 Å². The highest BCUT2D eigenvalue weighted by atomic mass is 16.2. The molecule has 3 aliphatic rings. The molecule has 3 saturated heterocycles. The second kappa shape index (κ2) is 17.3. The van der Waals surface area contributed by atoms with E-state index >= 15 is 0 Å². The lowest BCUT2D eigenvalue weighted by molar-refractivity contribution is -0.143. The van der Waals surface area contributed by atoms with Gasteiger partial charge in [-0.05, 0) is 69.9 Å². The lowest BCUT2D eigenvalue weighted by Crippen LogP contribution is -2.60. The first-order valence-electron chi connectivity index (χ1n) is 19.0. The third-order valence-electron chi connectivity index (χ3n) is 10.9. The first-order chi connectivity index (χ1) is 23.6. The number of rotatable bonds is 11. The van der Waals surface area contributed by atoms with Crippen molar-refractivity contribution in [3.05, 3.63) is 47.5 Å². The summed E-state index contributed by atoms with van der Waals surface area (Å²) in [6.07, 6.45) is 6.20.